The highest BCUT2D eigenvalue weighted by Crippen LogP contribution is 2.24. The number of nitrogens with one attached hydrogen (secondary N) is 1. The first-order chi connectivity index (χ1) is 7.93. The van der Waals surface area contributed by atoms with Gasteiger partial charge < -0.3 is 10.1 Å². The number of carbonyl (C=O) groups is 1. The maximum Gasteiger partial charge on any atom is 0.408 e. The Kier molecular flexibility index (Phi) is 3.89. The van der Waals surface area contributed by atoms with Crippen LogP contribution in [0.1, 0.15) is 27.7 Å². The summed E-state index contributed by atoms with van der Waals surface area (Å²) in [5.41, 5.74) is -0.651. The first-order valence-electron chi connectivity index (χ1n) is 5.23. The van der Waals surface area contributed by atoms with Gasteiger partial charge in [0.1, 0.15) is 16.6 Å². The van der Waals surface area contributed by atoms with Crippen LogP contribution in [0.4, 0.5) is 4.79 Å². The fraction of sp³-hybridized carbons (Fsp3) is 0.778. The number of ether oxygens (including phenoxy) is 1. The lowest BCUT2D eigenvalue weighted by atomic mass is 10.0. The van der Waals surface area contributed by atoms with Gasteiger partial charge in [0.15, 0.2) is 0 Å². The first kappa shape index (κ1) is 15.1. The van der Waals surface area contributed by atoms with Crippen LogP contribution in [-0.4, -0.2) is 46.0 Å². The van der Waals surface area contributed by atoms with E-state index in [-0.39, 0.29) is 4.99 Å². The van der Waals surface area contributed by atoms with Gasteiger partial charge in [0.2, 0.25) is 0 Å². The van der Waals surface area contributed by atoms with Gasteiger partial charge in [0, 0.05) is 0 Å². The van der Waals surface area contributed by atoms with Crippen molar-refractivity contribution in [2.75, 3.05) is 0 Å². The van der Waals surface area contributed by atoms with Crippen LogP contribution in [0.15, 0.2) is 0 Å². The Morgan fingerprint density at radius 3 is 2.33 bits per heavy atom. The molecule has 104 valence electrons. The van der Waals surface area contributed by atoms with E-state index >= 15 is 0 Å². The molecule has 0 spiro atoms. The second kappa shape index (κ2) is 4.63. The largest absolute Gasteiger partial charge is 0.444 e. The standard InChI is InChI=1S/C9H16N2O5S2/c1-5-6(7(17)11(5)18(13,14)15)10-8(12)16-9(2,3)4/h5-6H,1-4H3,(H,10,12)(H,13,14,15)/t5-,6-/m0/s1. The highest BCUT2D eigenvalue weighted by atomic mass is 32.2. The van der Waals surface area contributed by atoms with Gasteiger partial charge in [0.25, 0.3) is 0 Å². The lowest BCUT2D eigenvalue weighted by Crippen LogP contribution is -2.70. The number of hydrogen-bond donors (Lipinski definition) is 2. The molecular weight excluding hydrogens is 280 g/mol. The molecule has 0 aromatic rings. The molecule has 18 heavy (non-hydrogen) atoms. The quantitative estimate of drug-likeness (QED) is 0.575. The maximum absolute atomic E-state index is 11.5. The number of nitrogens with zero attached hydrogens (tertiary/aromatic N) is 1. The number of alkyl carbamates (subject to hydrolysis) is 1. The van der Waals surface area contributed by atoms with Crippen molar-refractivity contribution in [3.8, 4) is 0 Å². The van der Waals surface area contributed by atoms with Gasteiger partial charge in [0.05, 0.1) is 6.04 Å². The van der Waals surface area contributed by atoms with Crippen molar-refractivity contribution in [1.82, 2.24) is 9.62 Å². The molecule has 0 saturated carbocycles. The zero-order chi connectivity index (χ0) is 14.3. The lowest BCUT2D eigenvalue weighted by molar-refractivity contribution is 0.0491. The van der Waals surface area contributed by atoms with Gasteiger partial charge >= 0.3 is 16.4 Å². The van der Waals surface area contributed by atoms with Gasteiger partial charge in [-0.1, -0.05) is 12.2 Å². The van der Waals surface area contributed by atoms with Gasteiger partial charge in [-0.05, 0) is 27.7 Å². The normalized spacial score (nSPS) is 24.5. The van der Waals surface area contributed by atoms with Crippen molar-refractivity contribution >= 4 is 33.6 Å². The summed E-state index contributed by atoms with van der Waals surface area (Å²) in [6.45, 7) is 6.64. The molecule has 2 N–H and O–H groups in total. The van der Waals surface area contributed by atoms with Crippen LogP contribution < -0.4 is 5.32 Å². The Labute approximate surface area is 111 Å². The van der Waals surface area contributed by atoms with E-state index in [2.05, 4.69) is 5.32 Å². The van der Waals surface area contributed by atoms with Gasteiger partial charge in [-0.15, -0.1) is 0 Å². The molecule has 0 aliphatic carbocycles. The molecule has 1 heterocycles. The second-order valence-corrected chi connectivity index (χ2v) is 6.68. The predicted octanol–water partition coefficient (Wildman–Crippen LogP) is 0.714. The van der Waals surface area contributed by atoms with Crippen LogP contribution in [0.3, 0.4) is 0 Å². The van der Waals surface area contributed by atoms with Crippen molar-refractivity contribution in [2.45, 2.75) is 45.4 Å². The van der Waals surface area contributed by atoms with Gasteiger partial charge in [-0.25, -0.2) is 9.10 Å². The van der Waals surface area contributed by atoms with Crippen molar-refractivity contribution in [1.29, 1.82) is 0 Å². The molecule has 0 bridgehead atoms. The van der Waals surface area contributed by atoms with Crippen LogP contribution >= 0.6 is 12.2 Å². The highest BCUT2D eigenvalue weighted by Gasteiger charge is 2.48. The highest BCUT2D eigenvalue weighted by molar-refractivity contribution is 7.87. The van der Waals surface area contributed by atoms with Crippen LogP contribution in [0.5, 0.6) is 0 Å². The number of rotatable bonds is 2. The fourth-order valence-corrected chi connectivity index (χ4v) is 3.13. The first-order valence-corrected chi connectivity index (χ1v) is 7.04. The Morgan fingerprint density at radius 1 is 1.50 bits per heavy atom. The third kappa shape index (κ3) is 3.30. The van der Waals surface area contributed by atoms with Crippen LogP contribution in [0, 0.1) is 0 Å². The van der Waals surface area contributed by atoms with Crippen LogP contribution in [-0.2, 0) is 15.0 Å². The summed E-state index contributed by atoms with van der Waals surface area (Å²) in [7, 11) is -4.37. The van der Waals surface area contributed by atoms with Crippen molar-refractivity contribution in [3.05, 3.63) is 0 Å². The molecule has 2 atom stereocenters. The van der Waals surface area contributed by atoms with E-state index < -0.39 is 34.1 Å². The summed E-state index contributed by atoms with van der Waals surface area (Å²) in [5.74, 6) is 0. The number of thiocarbonyl (C=S) groups is 1. The molecule has 1 rings (SSSR count). The smallest absolute Gasteiger partial charge is 0.408 e. The third-order valence-electron chi connectivity index (χ3n) is 2.26. The molecule has 1 fully saturated rings. The van der Waals surface area contributed by atoms with E-state index in [0.717, 1.165) is 0 Å². The van der Waals surface area contributed by atoms with E-state index in [4.69, 9.17) is 21.5 Å². The molecule has 0 aromatic heterocycles. The summed E-state index contributed by atoms with van der Waals surface area (Å²) >= 11 is 4.83. The minimum atomic E-state index is -4.37. The Morgan fingerprint density at radius 2 is 2.00 bits per heavy atom. The summed E-state index contributed by atoms with van der Waals surface area (Å²) in [6.07, 6.45) is -0.684. The fourth-order valence-electron chi connectivity index (χ4n) is 1.54. The van der Waals surface area contributed by atoms with E-state index in [1.54, 1.807) is 20.8 Å². The van der Waals surface area contributed by atoms with E-state index in [1.807, 2.05) is 0 Å². The third-order valence-corrected chi connectivity index (χ3v) is 3.85. The van der Waals surface area contributed by atoms with Crippen molar-refractivity contribution < 1.29 is 22.5 Å². The van der Waals surface area contributed by atoms with Crippen molar-refractivity contribution in [3.63, 3.8) is 0 Å². The lowest BCUT2D eigenvalue weighted by Gasteiger charge is -2.45. The SMILES string of the molecule is C[C@H]1[C@H](NC(=O)OC(C)(C)C)C(=S)N1S(=O)(=O)O. The zero-order valence-electron chi connectivity index (χ0n) is 10.5. The van der Waals surface area contributed by atoms with E-state index in [0.29, 0.717) is 4.31 Å². The Bertz CT molecular complexity index is 468. The topological polar surface area (TPSA) is 95.9 Å². The molecule has 0 unspecified atom stereocenters. The molecule has 1 aliphatic heterocycles. The summed E-state index contributed by atoms with van der Waals surface area (Å²) in [4.78, 5) is 11.4. The molecule has 7 nitrogen and oxygen atoms in total. The molecule has 1 amide bonds. The zero-order valence-corrected chi connectivity index (χ0v) is 12.1. The summed E-state index contributed by atoms with van der Waals surface area (Å²) in [5, 5.41) is 2.45. The molecule has 1 saturated heterocycles. The van der Waals surface area contributed by atoms with Gasteiger partial charge in [-0.2, -0.15) is 8.42 Å². The van der Waals surface area contributed by atoms with Crippen molar-refractivity contribution in [2.24, 2.45) is 0 Å². The maximum atomic E-state index is 11.5. The predicted molar refractivity (Wildman–Crippen MR) is 68.6 cm³/mol. The average molecular weight is 296 g/mol. The van der Waals surface area contributed by atoms with Crippen LogP contribution in [0.25, 0.3) is 0 Å². The Hall–Kier alpha value is -0.930. The molecule has 0 radical (unpaired) electrons. The molecule has 1 aliphatic rings. The molecular formula is C9H16N2O5S2. The Balaban J connectivity index is 2.63. The minimum Gasteiger partial charge on any atom is -0.444 e. The van der Waals surface area contributed by atoms with Crippen LogP contribution in [0.2, 0.25) is 0 Å². The number of amides is 1. The number of carbonyl (C=O) groups excluding carboxylic acids is 1. The monoisotopic (exact) mass is 296 g/mol. The minimum absolute atomic E-state index is 0.0594. The van der Waals surface area contributed by atoms with E-state index in [1.165, 1.54) is 6.92 Å². The van der Waals surface area contributed by atoms with E-state index in [9.17, 15) is 13.2 Å². The second-order valence-electron chi connectivity index (χ2n) is 4.98. The van der Waals surface area contributed by atoms with Gasteiger partial charge in [-0.3, -0.25) is 4.55 Å². The summed E-state index contributed by atoms with van der Waals surface area (Å²) < 4.78 is 36.5. The molecule has 9 heteroatoms. The molecule has 0 aromatic carbocycles. The summed E-state index contributed by atoms with van der Waals surface area (Å²) in [6, 6.07) is -1.28. The number of hydrogen-bond acceptors (Lipinski definition) is 5. The average Bonchev–Trinajstić information content (AvgIpc) is 2.09.